The molecule has 46 heavy (non-hydrogen) atoms. The third-order valence-electron chi connectivity index (χ3n) is 10.0. The lowest BCUT2D eigenvalue weighted by Gasteiger charge is -2.18. The first-order valence-corrected chi connectivity index (χ1v) is 26.0. The van der Waals surface area contributed by atoms with Crippen molar-refractivity contribution in [1.29, 1.82) is 0 Å². The fourth-order valence-electron chi connectivity index (χ4n) is 6.69. The van der Waals surface area contributed by atoms with E-state index in [1.54, 1.807) is 0 Å². The second-order valence-corrected chi connectivity index (χ2v) is 21.9. The van der Waals surface area contributed by atoms with Crippen LogP contribution >= 0.6 is 14.3 Å². The SMILES string of the molecule is CCCCCCCCP(=O)(CCCCCCCC)CCCCCCCC.CCCCCCP(=O)(CCCCCC)CCCCCC. The van der Waals surface area contributed by atoms with Gasteiger partial charge in [-0.15, -0.1) is 0 Å². The highest BCUT2D eigenvalue weighted by Gasteiger charge is 2.21. The summed E-state index contributed by atoms with van der Waals surface area (Å²) in [5.74, 6) is 0. The Kier molecular flexibility index (Phi) is 40.4. The smallest absolute Gasteiger partial charge is 0.0877 e. The standard InChI is InChI=1S/C24H51OP.C18H39OP/c1-4-7-10-13-16-19-22-26(25,23-20-17-14-11-8-5-2)24-21-18-15-12-9-6-3;1-4-7-10-13-16-20(19,17-14-11-8-5-2)18-15-12-9-6-3/h4-24H2,1-3H3;4-18H2,1-3H3. The molecule has 0 heterocycles. The predicted molar refractivity (Wildman–Crippen MR) is 217 cm³/mol. The second-order valence-electron chi connectivity index (χ2n) is 14.9. The number of hydrogen-bond acceptors (Lipinski definition) is 2. The molecule has 0 spiro atoms. The van der Waals surface area contributed by atoms with E-state index in [2.05, 4.69) is 41.5 Å². The molecule has 2 nitrogen and oxygen atoms in total. The van der Waals surface area contributed by atoms with Crippen molar-refractivity contribution < 1.29 is 9.13 Å². The molecule has 0 aliphatic heterocycles. The summed E-state index contributed by atoms with van der Waals surface area (Å²) in [6.45, 7) is 13.6. The molecule has 0 saturated heterocycles. The van der Waals surface area contributed by atoms with Gasteiger partial charge in [0, 0.05) is 37.0 Å². The van der Waals surface area contributed by atoms with Gasteiger partial charge in [-0.2, -0.15) is 0 Å². The maximum atomic E-state index is 13.5. The minimum Gasteiger partial charge on any atom is -0.324 e. The molecule has 0 aliphatic rings. The fraction of sp³-hybridized carbons (Fsp3) is 1.00. The van der Waals surface area contributed by atoms with E-state index in [9.17, 15) is 9.13 Å². The van der Waals surface area contributed by atoms with Crippen LogP contribution in [0.4, 0.5) is 0 Å². The highest BCUT2D eigenvalue weighted by molar-refractivity contribution is 7.64. The maximum absolute atomic E-state index is 13.5. The van der Waals surface area contributed by atoms with Crippen LogP contribution in [-0.4, -0.2) is 37.0 Å². The van der Waals surface area contributed by atoms with Crippen LogP contribution in [0.5, 0.6) is 0 Å². The van der Waals surface area contributed by atoms with Crippen molar-refractivity contribution in [2.75, 3.05) is 37.0 Å². The minimum atomic E-state index is -1.89. The van der Waals surface area contributed by atoms with Crippen molar-refractivity contribution in [3.63, 3.8) is 0 Å². The van der Waals surface area contributed by atoms with Gasteiger partial charge in [-0.05, 0) is 38.5 Å². The van der Waals surface area contributed by atoms with E-state index in [-0.39, 0.29) is 0 Å². The van der Waals surface area contributed by atoms with E-state index in [1.807, 2.05) is 0 Å². The molecule has 0 aromatic heterocycles. The van der Waals surface area contributed by atoms with Crippen molar-refractivity contribution >= 4 is 14.3 Å². The summed E-state index contributed by atoms with van der Waals surface area (Å²) in [5, 5.41) is 0. The van der Waals surface area contributed by atoms with Crippen LogP contribution in [0.2, 0.25) is 0 Å². The Labute approximate surface area is 293 Å². The molecule has 0 aliphatic carbocycles. The zero-order valence-electron chi connectivity index (χ0n) is 33.2. The maximum Gasteiger partial charge on any atom is 0.0877 e. The van der Waals surface area contributed by atoms with Crippen LogP contribution in [0, 0.1) is 0 Å². The largest absolute Gasteiger partial charge is 0.324 e. The Balaban J connectivity index is 0. The van der Waals surface area contributed by atoms with Gasteiger partial charge in [0.2, 0.25) is 0 Å². The molecule has 0 aromatic rings. The molecule has 0 N–H and O–H groups in total. The van der Waals surface area contributed by atoms with Crippen molar-refractivity contribution in [3.05, 3.63) is 0 Å². The van der Waals surface area contributed by atoms with Crippen molar-refractivity contribution in [3.8, 4) is 0 Å². The summed E-state index contributed by atoms with van der Waals surface area (Å²) in [6.07, 6.45) is 45.2. The molecule has 0 bridgehead atoms. The average molecular weight is 689 g/mol. The summed E-state index contributed by atoms with van der Waals surface area (Å²) < 4.78 is 26.6. The topological polar surface area (TPSA) is 34.1 Å². The van der Waals surface area contributed by atoms with E-state index in [0.29, 0.717) is 0 Å². The van der Waals surface area contributed by atoms with Gasteiger partial charge >= 0.3 is 0 Å². The van der Waals surface area contributed by atoms with Gasteiger partial charge < -0.3 is 9.13 Å². The lowest BCUT2D eigenvalue weighted by molar-refractivity contribution is 0.555. The molecule has 0 fully saturated rings. The van der Waals surface area contributed by atoms with Gasteiger partial charge in [0.25, 0.3) is 0 Å². The van der Waals surface area contributed by atoms with Crippen molar-refractivity contribution in [2.24, 2.45) is 0 Å². The Bertz CT molecular complexity index is 576. The fourth-order valence-corrected chi connectivity index (χ4v) is 12.8. The first kappa shape index (κ1) is 48.6. The Morgan fingerprint density at radius 1 is 0.217 bits per heavy atom. The molecular weight excluding hydrogens is 598 g/mol. The van der Waals surface area contributed by atoms with Gasteiger partial charge in [0.1, 0.15) is 0 Å². The number of unbranched alkanes of at least 4 members (excludes halogenated alkanes) is 24. The zero-order valence-corrected chi connectivity index (χ0v) is 35.0. The van der Waals surface area contributed by atoms with Gasteiger partial charge in [-0.3, -0.25) is 0 Å². The Hall–Kier alpha value is 0.460. The number of hydrogen-bond donors (Lipinski definition) is 0. The van der Waals surface area contributed by atoms with Crippen LogP contribution in [-0.2, 0) is 9.13 Å². The summed E-state index contributed by atoms with van der Waals surface area (Å²) in [6, 6.07) is 0. The van der Waals surface area contributed by atoms with Crippen LogP contribution in [0.15, 0.2) is 0 Å². The average Bonchev–Trinajstić information content (AvgIpc) is 3.05. The highest BCUT2D eigenvalue weighted by atomic mass is 31.2. The van der Waals surface area contributed by atoms with Crippen molar-refractivity contribution in [1.82, 2.24) is 0 Å². The highest BCUT2D eigenvalue weighted by Crippen LogP contribution is 2.49. The lowest BCUT2D eigenvalue weighted by atomic mass is 10.1. The zero-order chi connectivity index (χ0) is 34.5. The van der Waals surface area contributed by atoms with Crippen LogP contribution < -0.4 is 0 Å². The van der Waals surface area contributed by atoms with Gasteiger partial charge in [-0.25, -0.2) is 0 Å². The predicted octanol–water partition coefficient (Wildman–Crippen LogP) is 16.5. The van der Waals surface area contributed by atoms with E-state index >= 15 is 0 Å². The van der Waals surface area contributed by atoms with E-state index in [1.165, 1.54) is 193 Å². The van der Waals surface area contributed by atoms with E-state index in [4.69, 9.17) is 0 Å². The van der Waals surface area contributed by atoms with Gasteiger partial charge in [-0.1, -0.05) is 196 Å². The summed E-state index contributed by atoms with van der Waals surface area (Å²) >= 11 is 0. The molecule has 4 heteroatoms. The lowest BCUT2D eigenvalue weighted by Crippen LogP contribution is -2.02. The van der Waals surface area contributed by atoms with Crippen LogP contribution in [0.3, 0.4) is 0 Å². The number of rotatable bonds is 36. The van der Waals surface area contributed by atoms with Crippen LogP contribution in [0.25, 0.3) is 0 Å². The summed E-state index contributed by atoms with van der Waals surface area (Å²) in [5.41, 5.74) is 0. The molecule has 0 atom stereocenters. The summed E-state index contributed by atoms with van der Waals surface area (Å²) in [4.78, 5) is 0. The molecule has 0 unspecified atom stereocenters. The quantitative estimate of drug-likeness (QED) is 0.0485. The molecule has 280 valence electrons. The Morgan fingerprint density at radius 3 is 0.522 bits per heavy atom. The molecule has 0 rings (SSSR count). The van der Waals surface area contributed by atoms with Gasteiger partial charge in [0.05, 0.1) is 14.3 Å². The molecule has 0 aromatic carbocycles. The molecule has 0 radical (unpaired) electrons. The second kappa shape index (κ2) is 38.3. The van der Waals surface area contributed by atoms with E-state index < -0.39 is 14.3 Å². The molecule has 0 amide bonds. The minimum absolute atomic E-state index is 1.03. The third-order valence-corrected chi connectivity index (χ3v) is 16.8. The summed E-state index contributed by atoms with van der Waals surface area (Å²) in [7, 11) is -3.73. The van der Waals surface area contributed by atoms with Crippen LogP contribution in [0.1, 0.15) is 234 Å². The molecule has 0 saturated carbocycles. The first-order valence-electron chi connectivity index (χ1n) is 21.5. The van der Waals surface area contributed by atoms with E-state index in [0.717, 1.165) is 37.0 Å². The normalized spacial score (nSPS) is 12.0. The molecular formula is C42H90O2P2. The Morgan fingerprint density at radius 2 is 0.348 bits per heavy atom. The third kappa shape index (κ3) is 35.8. The van der Waals surface area contributed by atoms with Gasteiger partial charge in [0.15, 0.2) is 0 Å². The monoisotopic (exact) mass is 689 g/mol. The van der Waals surface area contributed by atoms with Crippen molar-refractivity contribution in [2.45, 2.75) is 234 Å². The first-order chi connectivity index (χ1) is 22.4.